The molecule has 0 bridgehead atoms. The van der Waals surface area contributed by atoms with Crippen LogP contribution in [0.1, 0.15) is 11.1 Å². The van der Waals surface area contributed by atoms with Crippen LogP contribution in [0, 0.1) is 36.0 Å². The average Bonchev–Trinajstić information content (AvgIpc) is 2.80. The molecule has 0 unspecified atom stereocenters. The van der Waals surface area contributed by atoms with E-state index in [1.165, 1.54) is 24.5 Å². The van der Waals surface area contributed by atoms with Gasteiger partial charge in [-0.2, -0.15) is 8.78 Å². The quantitative estimate of drug-likeness (QED) is 0.230. The number of benzene rings is 3. The second kappa shape index (κ2) is 8.77. The Morgan fingerprint density at radius 3 is 1.82 bits per heavy atom. The van der Waals surface area contributed by atoms with Gasteiger partial charge < -0.3 is 4.74 Å². The average molecular weight is 478 g/mol. The highest BCUT2D eigenvalue weighted by atomic mass is 19.3. The van der Waals surface area contributed by atoms with Gasteiger partial charge in [0, 0.05) is 30.1 Å². The molecule has 10 heteroatoms. The zero-order valence-corrected chi connectivity index (χ0v) is 17.2. The van der Waals surface area contributed by atoms with Crippen LogP contribution < -0.4 is 4.74 Å². The lowest BCUT2D eigenvalue weighted by Crippen LogP contribution is -2.22. The number of ether oxygens (including phenoxy) is 1. The Morgan fingerprint density at radius 2 is 1.24 bits per heavy atom. The molecule has 1 heterocycles. The lowest BCUT2D eigenvalue weighted by Gasteiger charge is -2.19. The van der Waals surface area contributed by atoms with E-state index in [4.69, 9.17) is 0 Å². The van der Waals surface area contributed by atoms with E-state index in [-0.39, 0.29) is 34.6 Å². The number of hydrogen-bond donors (Lipinski definition) is 0. The molecule has 0 atom stereocenters. The number of halogens is 7. The first-order chi connectivity index (χ1) is 16.1. The fourth-order valence-corrected chi connectivity index (χ4v) is 3.12. The summed E-state index contributed by atoms with van der Waals surface area (Å²) in [5, 5.41) is 0. The van der Waals surface area contributed by atoms with Gasteiger partial charge in [0.1, 0.15) is 5.75 Å². The number of hydrogen-bond acceptors (Lipinski definition) is 3. The van der Waals surface area contributed by atoms with E-state index in [1.807, 2.05) is 0 Å². The zero-order valence-electron chi connectivity index (χ0n) is 17.2. The first kappa shape index (κ1) is 23.2. The number of nitrogens with zero attached hydrogens (tertiary/aromatic N) is 2. The molecule has 3 nitrogen and oxygen atoms in total. The smallest absolute Gasteiger partial charge is 0.426 e. The zero-order chi connectivity index (χ0) is 24.6. The maximum absolute atomic E-state index is 14.7. The molecule has 4 rings (SSSR count). The fourth-order valence-electron chi connectivity index (χ4n) is 3.12. The van der Waals surface area contributed by atoms with E-state index in [9.17, 15) is 30.7 Å². The molecule has 0 N–H and O–H groups in total. The van der Waals surface area contributed by atoms with Crippen molar-refractivity contribution in [2.45, 2.75) is 13.0 Å². The Hall–Kier alpha value is -3.95. The van der Waals surface area contributed by atoms with Crippen molar-refractivity contribution in [3.63, 3.8) is 0 Å². The third kappa shape index (κ3) is 4.43. The van der Waals surface area contributed by atoms with E-state index in [2.05, 4.69) is 14.7 Å². The Bertz CT molecular complexity index is 1330. The van der Waals surface area contributed by atoms with Crippen LogP contribution in [0.15, 0.2) is 60.9 Å². The molecule has 0 amide bonds. The van der Waals surface area contributed by atoms with Gasteiger partial charge in [-0.05, 0) is 36.2 Å². The molecular weight excluding hydrogens is 465 g/mol. The minimum absolute atomic E-state index is 0.0191. The van der Waals surface area contributed by atoms with E-state index in [0.29, 0.717) is 0 Å². The van der Waals surface area contributed by atoms with Crippen LogP contribution >= 0.6 is 0 Å². The van der Waals surface area contributed by atoms with Crippen molar-refractivity contribution >= 4 is 0 Å². The van der Waals surface area contributed by atoms with Crippen molar-refractivity contribution in [3.05, 3.63) is 101 Å². The summed E-state index contributed by atoms with van der Waals surface area (Å²) in [7, 11) is 0. The molecule has 0 aliphatic rings. The van der Waals surface area contributed by atoms with Crippen molar-refractivity contribution in [3.8, 4) is 28.3 Å². The molecule has 0 saturated carbocycles. The van der Waals surface area contributed by atoms with Gasteiger partial charge >= 0.3 is 6.11 Å². The fraction of sp³-hybridized carbons (Fsp3) is 0.0833. The monoisotopic (exact) mass is 478 g/mol. The Kier molecular flexibility index (Phi) is 5.99. The van der Waals surface area contributed by atoms with E-state index in [1.54, 1.807) is 6.92 Å². The summed E-state index contributed by atoms with van der Waals surface area (Å²) >= 11 is 0. The van der Waals surface area contributed by atoms with Gasteiger partial charge in [-0.3, -0.25) is 0 Å². The van der Waals surface area contributed by atoms with E-state index in [0.717, 1.165) is 29.8 Å². The summed E-state index contributed by atoms with van der Waals surface area (Å²) in [5.74, 6) is -8.61. The van der Waals surface area contributed by atoms with Crippen LogP contribution in [0.25, 0.3) is 22.5 Å². The lowest BCUT2D eigenvalue weighted by molar-refractivity contribution is -0.185. The SMILES string of the molecule is Cc1cnc(-c2ccc(-c3ccc(C(F)(F)Oc4cc(F)c(F)c(F)c4)cc3)c(F)c2F)nc1. The van der Waals surface area contributed by atoms with Crippen LogP contribution in [0.2, 0.25) is 0 Å². The molecule has 4 aromatic rings. The van der Waals surface area contributed by atoms with Crippen LogP contribution in [-0.4, -0.2) is 9.97 Å². The van der Waals surface area contributed by atoms with Crippen LogP contribution in [0.3, 0.4) is 0 Å². The molecule has 0 radical (unpaired) electrons. The largest absolute Gasteiger partial charge is 0.429 e. The second-order valence-electron chi connectivity index (χ2n) is 7.27. The molecule has 0 aliphatic carbocycles. The Balaban J connectivity index is 1.61. The van der Waals surface area contributed by atoms with Crippen molar-refractivity contribution < 1.29 is 35.5 Å². The Morgan fingerprint density at radius 1 is 0.706 bits per heavy atom. The van der Waals surface area contributed by atoms with Gasteiger partial charge in [-0.1, -0.05) is 18.2 Å². The summed E-state index contributed by atoms with van der Waals surface area (Å²) < 4.78 is 102. The summed E-state index contributed by atoms with van der Waals surface area (Å²) in [6, 6.07) is 7.01. The van der Waals surface area contributed by atoms with Gasteiger partial charge in [-0.25, -0.2) is 31.9 Å². The van der Waals surface area contributed by atoms with Crippen LogP contribution in [0.5, 0.6) is 5.75 Å². The third-order valence-corrected chi connectivity index (χ3v) is 4.84. The normalized spacial score (nSPS) is 11.5. The van der Waals surface area contributed by atoms with Crippen molar-refractivity contribution in [2.75, 3.05) is 0 Å². The van der Waals surface area contributed by atoms with Gasteiger partial charge in [0.15, 0.2) is 34.9 Å². The molecule has 0 spiro atoms. The van der Waals surface area contributed by atoms with Crippen molar-refractivity contribution in [1.82, 2.24) is 9.97 Å². The van der Waals surface area contributed by atoms with Gasteiger partial charge in [-0.15, -0.1) is 0 Å². The summed E-state index contributed by atoms with van der Waals surface area (Å²) in [6.07, 6.45) is -1.17. The molecule has 3 aromatic carbocycles. The molecule has 0 aliphatic heterocycles. The maximum atomic E-state index is 14.7. The second-order valence-corrected chi connectivity index (χ2v) is 7.27. The number of aryl methyl sites for hydroxylation is 1. The lowest BCUT2D eigenvalue weighted by atomic mass is 10.0. The standard InChI is InChI=1S/C24H13F7N2O/c1-12-10-32-23(33-11-12)17-7-6-16(20(27)21(17)28)13-2-4-14(5-3-13)24(30,31)34-15-8-18(25)22(29)19(26)9-15/h2-11H,1H3. The highest BCUT2D eigenvalue weighted by Crippen LogP contribution is 2.35. The van der Waals surface area contributed by atoms with Crippen molar-refractivity contribution in [2.24, 2.45) is 0 Å². The van der Waals surface area contributed by atoms with Crippen LogP contribution in [-0.2, 0) is 6.11 Å². The molecule has 34 heavy (non-hydrogen) atoms. The topological polar surface area (TPSA) is 35.0 Å². The molecule has 174 valence electrons. The van der Waals surface area contributed by atoms with Crippen molar-refractivity contribution in [1.29, 1.82) is 0 Å². The Labute approximate surface area is 188 Å². The first-order valence-corrected chi connectivity index (χ1v) is 9.66. The molecular formula is C24H13F7N2O. The highest BCUT2D eigenvalue weighted by molar-refractivity contribution is 5.69. The summed E-state index contributed by atoms with van der Waals surface area (Å²) in [5.41, 5.74) is -0.307. The number of aromatic nitrogens is 2. The predicted molar refractivity (Wildman–Crippen MR) is 108 cm³/mol. The van der Waals surface area contributed by atoms with Gasteiger partial charge in [0.2, 0.25) is 0 Å². The highest BCUT2D eigenvalue weighted by Gasteiger charge is 2.35. The maximum Gasteiger partial charge on any atom is 0.426 e. The number of alkyl halides is 2. The number of rotatable bonds is 5. The summed E-state index contributed by atoms with van der Waals surface area (Å²) in [4.78, 5) is 7.92. The van der Waals surface area contributed by atoms with E-state index >= 15 is 0 Å². The van der Waals surface area contributed by atoms with Gasteiger partial charge in [0.05, 0.1) is 11.1 Å². The van der Waals surface area contributed by atoms with Crippen LogP contribution in [0.4, 0.5) is 30.7 Å². The third-order valence-electron chi connectivity index (χ3n) is 4.84. The molecule has 0 saturated heterocycles. The van der Waals surface area contributed by atoms with Gasteiger partial charge in [0.25, 0.3) is 0 Å². The summed E-state index contributed by atoms with van der Waals surface area (Å²) in [6.45, 7) is 1.73. The molecule has 1 aromatic heterocycles. The van der Waals surface area contributed by atoms with E-state index < -0.39 is 46.5 Å². The minimum Gasteiger partial charge on any atom is -0.429 e. The minimum atomic E-state index is -4.06. The molecule has 0 fully saturated rings. The predicted octanol–water partition coefficient (Wildman–Crippen LogP) is 6.94. The first-order valence-electron chi connectivity index (χ1n) is 9.66.